The highest BCUT2D eigenvalue weighted by Crippen LogP contribution is 2.29. The van der Waals surface area contributed by atoms with Gasteiger partial charge in [-0.1, -0.05) is 0 Å². The summed E-state index contributed by atoms with van der Waals surface area (Å²) in [4.78, 5) is 25.6. The smallest absolute Gasteiger partial charge is 0.322 e. The van der Waals surface area contributed by atoms with Crippen LogP contribution < -0.4 is 10.6 Å². The van der Waals surface area contributed by atoms with Crippen molar-refractivity contribution >= 4 is 11.9 Å². The normalized spacial score (nSPS) is 32.2. The van der Waals surface area contributed by atoms with Gasteiger partial charge in [0.1, 0.15) is 5.54 Å². The van der Waals surface area contributed by atoms with Crippen molar-refractivity contribution < 1.29 is 14.3 Å². The molecule has 6 heteroatoms. The second-order valence-corrected chi connectivity index (χ2v) is 5.45. The molecule has 2 aliphatic rings. The fraction of sp³-hybridized carbons (Fsp3) is 0.846. The van der Waals surface area contributed by atoms with E-state index in [1.165, 1.54) is 0 Å². The molecule has 0 aromatic carbocycles. The lowest BCUT2D eigenvalue weighted by molar-refractivity contribution is -0.126. The Labute approximate surface area is 113 Å². The Kier molecular flexibility index (Phi) is 4.42. The molecule has 2 atom stereocenters. The molecule has 2 unspecified atom stereocenters. The van der Waals surface area contributed by atoms with Crippen LogP contribution in [0.4, 0.5) is 4.79 Å². The molecule has 0 bridgehead atoms. The van der Waals surface area contributed by atoms with E-state index in [-0.39, 0.29) is 17.9 Å². The monoisotopic (exact) mass is 269 g/mol. The van der Waals surface area contributed by atoms with E-state index >= 15 is 0 Å². The van der Waals surface area contributed by atoms with Gasteiger partial charge >= 0.3 is 6.03 Å². The number of rotatable bonds is 5. The first-order chi connectivity index (χ1) is 9.06. The van der Waals surface area contributed by atoms with Crippen molar-refractivity contribution in [3.8, 4) is 0 Å². The summed E-state index contributed by atoms with van der Waals surface area (Å²) in [5.41, 5.74) is -0.763. The molecule has 0 aromatic rings. The molecule has 0 aromatic heterocycles. The minimum atomic E-state index is -0.763. The van der Waals surface area contributed by atoms with Crippen LogP contribution >= 0.6 is 0 Å². The van der Waals surface area contributed by atoms with Crippen LogP contribution in [-0.4, -0.2) is 55.2 Å². The van der Waals surface area contributed by atoms with Gasteiger partial charge in [-0.3, -0.25) is 10.1 Å². The van der Waals surface area contributed by atoms with Gasteiger partial charge in [-0.05, 0) is 33.2 Å². The Morgan fingerprint density at radius 3 is 2.89 bits per heavy atom. The molecule has 2 saturated heterocycles. The summed E-state index contributed by atoms with van der Waals surface area (Å²) in [5, 5.41) is 5.12. The van der Waals surface area contributed by atoms with Crippen LogP contribution in [0.1, 0.15) is 26.7 Å². The Morgan fingerprint density at radius 1 is 1.47 bits per heavy atom. The van der Waals surface area contributed by atoms with E-state index in [1.807, 2.05) is 13.8 Å². The zero-order chi connectivity index (χ0) is 13.9. The summed E-state index contributed by atoms with van der Waals surface area (Å²) in [5.74, 6) is -0.0384. The highest BCUT2D eigenvalue weighted by atomic mass is 16.5. The largest absolute Gasteiger partial charge is 0.380 e. The zero-order valence-electron chi connectivity index (χ0n) is 11.7. The molecule has 0 aliphatic carbocycles. The summed E-state index contributed by atoms with van der Waals surface area (Å²) in [7, 11) is 0. The van der Waals surface area contributed by atoms with Gasteiger partial charge in [0, 0.05) is 25.6 Å². The molecule has 0 spiro atoms. The van der Waals surface area contributed by atoms with Gasteiger partial charge in [0.05, 0.1) is 6.61 Å². The first kappa shape index (κ1) is 14.3. The fourth-order valence-electron chi connectivity index (χ4n) is 2.91. The van der Waals surface area contributed by atoms with E-state index in [2.05, 4.69) is 15.5 Å². The summed E-state index contributed by atoms with van der Waals surface area (Å²) in [6, 6.07) is -0.376. The third kappa shape index (κ3) is 3.06. The highest BCUT2D eigenvalue weighted by Gasteiger charge is 2.48. The van der Waals surface area contributed by atoms with Crippen molar-refractivity contribution in [2.75, 3.05) is 32.8 Å². The van der Waals surface area contributed by atoms with Crippen LogP contribution in [0, 0.1) is 5.92 Å². The Morgan fingerprint density at radius 2 is 2.26 bits per heavy atom. The van der Waals surface area contributed by atoms with Gasteiger partial charge in [-0.25, -0.2) is 4.79 Å². The minimum absolute atomic E-state index is 0.161. The lowest BCUT2D eigenvalue weighted by atomic mass is 9.80. The van der Waals surface area contributed by atoms with Gasteiger partial charge in [-0.2, -0.15) is 0 Å². The maximum Gasteiger partial charge on any atom is 0.322 e. The summed E-state index contributed by atoms with van der Waals surface area (Å²) in [6.45, 7) is 8.01. The van der Waals surface area contributed by atoms with Crippen molar-refractivity contribution in [3.63, 3.8) is 0 Å². The Balaban J connectivity index is 1.93. The number of piperidine rings is 1. The Hall–Kier alpha value is -1.14. The first-order valence-electron chi connectivity index (χ1n) is 7.00. The highest BCUT2D eigenvalue weighted by molar-refractivity contribution is 6.06. The second kappa shape index (κ2) is 5.88. The number of nitrogens with zero attached hydrogens (tertiary/aromatic N) is 1. The molecule has 0 saturated carbocycles. The van der Waals surface area contributed by atoms with Crippen LogP contribution in [-0.2, 0) is 9.53 Å². The van der Waals surface area contributed by atoms with Gasteiger partial charge in [-0.15, -0.1) is 0 Å². The standard InChI is InChI=1S/C13H23N3O3/c1-3-19-8-7-16-6-4-5-10(9-16)13(2)11(17)14-12(18)15-13/h10H,3-9H2,1-2H3,(H2,14,15,17,18). The minimum Gasteiger partial charge on any atom is -0.380 e. The van der Waals surface area contributed by atoms with E-state index in [4.69, 9.17) is 4.74 Å². The summed E-state index contributed by atoms with van der Waals surface area (Å²) >= 11 is 0. The van der Waals surface area contributed by atoms with E-state index in [0.717, 1.165) is 45.7 Å². The predicted molar refractivity (Wildman–Crippen MR) is 70.7 cm³/mol. The van der Waals surface area contributed by atoms with Crippen LogP contribution in [0.25, 0.3) is 0 Å². The topological polar surface area (TPSA) is 70.7 Å². The number of nitrogens with one attached hydrogen (secondary N) is 2. The number of urea groups is 1. The molecule has 3 amide bonds. The average molecular weight is 269 g/mol. The molecule has 2 heterocycles. The SMILES string of the molecule is CCOCCN1CCCC(C2(C)NC(=O)NC2=O)C1. The van der Waals surface area contributed by atoms with Crippen molar-refractivity contribution in [2.24, 2.45) is 5.92 Å². The molecule has 6 nitrogen and oxygen atoms in total. The molecule has 2 rings (SSSR count). The third-order valence-electron chi connectivity index (χ3n) is 4.15. The molecule has 2 aliphatic heterocycles. The van der Waals surface area contributed by atoms with Crippen molar-refractivity contribution in [1.29, 1.82) is 0 Å². The van der Waals surface area contributed by atoms with E-state index in [0.29, 0.717) is 0 Å². The predicted octanol–water partition coefficient (Wildman–Crippen LogP) is 0.333. The number of carbonyl (C=O) groups excluding carboxylic acids is 2. The molecular weight excluding hydrogens is 246 g/mol. The second-order valence-electron chi connectivity index (χ2n) is 5.45. The van der Waals surface area contributed by atoms with Gasteiger partial charge in [0.25, 0.3) is 5.91 Å². The van der Waals surface area contributed by atoms with Crippen LogP contribution in [0.5, 0.6) is 0 Å². The maximum atomic E-state index is 11.9. The maximum absolute atomic E-state index is 11.9. The summed E-state index contributed by atoms with van der Waals surface area (Å²) in [6.07, 6.45) is 2.02. The van der Waals surface area contributed by atoms with E-state index in [9.17, 15) is 9.59 Å². The van der Waals surface area contributed by atoms with Gasteiger partial charge < -0.3 is 15.0 Å². The zero-order valence-corrected chi connectivity index (χ0v) is 11.7. The van der Waals surface area contributed by atoms with Crippen LogP contribution in [0.2, 0.25) is 0 Å². The fourth-order valence-corrected chi connectivity index (χ4v) is 2.91. The number of likely N-dealkylation sites (tertiary alicyclic amines) is 1. The van der Waals surface area contributed by atoms with Gasteiger partial charge in [0.2, 0.25) is 0 Å². The number of ether oxygens (including phenoxy) is 1. The van der Waals surface area contributed by atoms with E-state index < -0.39 is 5.54 Å². The Bertz CT molecular complexity index is 361. The molecular formula is C13H23N3O3. The van der Waals surface area contributed by atoms with Crippen molar-refractivity contribution in [1.82, 2.24) is 15.5 Å². The summed E-state index contributed by atoms with van der Waals surface area (Å²) < 4.78 is 5.37. The van der Waals surface area contributed by atoms with Crippen LogP contribution in [0.15, 0.2) is 0 Å². The van der Waals surface area contributed by atoms with E-state index in [1.54, 1.807) is 0 Å². The van der Waals surface area contributed by atoms with Crippen LogP contribution in [0.3, 0.4) is 0 Å². The average Bonchev–Trinajstić information content (AvgIpc) is 2.65. The quantitative estimate of drug-likeness (QED) is 0.557. The van der Waals surface area contributed by atoms with Crippen molar-refractivity contribution in [3.05, 3.63) is 0 Å². The van der Waals surface area contributed by atoms with Crippen molar-refractivity contribution in [2.45, 2.75) is 32.2 Å². The molecule has 108 valence electrons. The molecule has 2 N–H and O–H groups in total. The molecule has 0 radical (unpaired) electrons. The molecule has 2 fully saturated rings. The third-order valence-corrected chi connectivity index (χ3v) is 4.15. The number of amides is 3. The number of hydrogen-bond acceptors (Lipinski definition) is 4. The number of hydrogen-bond donors (Lipinski definition) is 2. The number of imide groups is 1. The lowest BCUT2D eigenvalue weighted by Gasteiger charge is -2.39. The first-order valence-corrected chi connectivity index (χ1v) is 7.00. The lowest BCUT2D eigenvalue weighted by Crippen LogP contribution is -2.56. The number of carbonyl (C=O) groups is 2. The van der Waals surface area contributed by atoms with Gasteiger partial charge in [0.15, 0.2) is 0 Å². The molecule has 19 heavy (non-hydrogen) atoms.